The lowest BCUT2D eigenvalue weighted by Crippen LogP contribution is -2.03. The fraction of sp³-hybridized carbons (Fsp3) is 0.100. The topological polar surface area (TPSA) is 57.7 Å². The third-order valence-electron chi connectivity index (χ3n) is 3.75. The summed E-state index contributed by atoms with van der Waals surface area (Å²) in [7, 11) is 3.06. The van der Waals surface area contributed by atoms with Crippen LogP contribution in [0.3, 0.4) is 0 Å². The first-order valence-corrected chi connectivity index (χ1v) is 9.04. The Morgan fingerprint density at radius 2 is 1.63 bits per heavy atom. The quantitative estimate of drug-likeness (QED) is 0.464. The van der Waals surface area contributed by atoms with Gasteiger partial charge in [0.05, 0.1) is 19.2 Å². The normalized spacial score (nSPS) is 10.4. The first kappa shape index (κ1) is 19.2. The summed E-state index contributed by atoms with van der Waals surface area (Å²) in [5.74, 6) is 1.68. The molecule has 3 rings (SSSR count). The van der Waals surface area contributed by atoms with Gasteiger partial charge in [0.1, 0.15) is 5.75 Å². The number of hydrogen-bond acceptors (Lipinski definition) is 5. The molecule has 5 nitrogen and oxygen atoms in total. The van der Waals surface area contributed by atoms with E-state index < -0.39 is 0 Å². The fourth-order valence-electron chi connectivity index (χ4n) is 2.39. The Morgan fingerprint density at radius 3 is 2.26 bits per heavy atom. The van der Waals surface area contributed by atoms with E-state index in [0.29, 0.717) is 39.3 Å². The highest BCUT2D eigenvalue weighted by Gasteiger charge is 2.14. The number of ketones is 1. The molecule has 0 bridgehead atoms. The van der Waals surface area contributed by atoms with Gasteiger partial charge in [-0.05, 0) is 42.5 Å². The van der Waals surface area contributed by atoms with E-state index in [2.05, 4.69) is 20.9 Å². The number of halogens is 2. The van der Waals surface area contributed by atoms with Crippen LogP contribution in [0.15, 0.2) is 59.2 Å². The van der Waals surface area contributed by atoms with Crippen molar-refractivity contribution in [1.82, 2.24) is 4.98 Å². The molecule has 0 aliphatic carbocycles. The molecule has 0 saturated heterocycles. The van der Waals surface area contributed by atoms with E-state index in [1.54, 1.807) is 49.6 Å². The van der Waals surface area contributed by atoms with Crippen molar-refractivity contribution in [2.75, 3.05) is 14.2 Å². The Kier molecular flexibility index (Phi) is 5.98. The number of nitrogens with zero attached hydrogens (tertiary/aromatic N) is 1. The standard InChI is InChI=1S/C20H15BrClNO4/c1-25-17-6-3-12(9-18(17)26-2)20(24)13-4-8-19(23-11-13)27-16-7-5-14(21)10-15(16)22/h3-11H,1-2H3. The van der Waals surface area contributed by atoms with E-state index in [1.807, 2.05) is 6.07 Å². The molecule has 138 valence electrons. The van der Waals surface area contributed by atoms with Crippen LogP contribution in [0, 0.1) is 0 Å². The van der Waals surface area contributed by atoms with Gasteiger partial charge in [0.15, 0.2) is 17.3 Å². The van der Waals surface area contributed by atoms with Gasteiger partial charge in [-0.1, -0.05) is 27.5 Å². The highest BCUT2D eigenvalue weighted by atomic mass is 79.9. The van der Waals surface area contributed by atoms with Crippen LogP contribution in [-0.4, -0.2) is 25.0 Å². The number of benzene rings is 2. The van der Waals surface area contributed by atoms with Crippen LogP contribution in [0.2, 0.25) is 5.02 Å². The van der Waals surface area contributed by atoms with E-state index in [1.165, 1.54) is 13.3 Å². The molecule has 0 atom stereocenters. The highest BCUT2D eigenvalue weighted by molar-refractivity contribution is 9.10. The summed E-state index contributed by atoms with van der Waals surface area (Å²) < 4.78 is 16.9. The summed E-state index contributed by atoms with van der Waals surface area (Å²) >= 11 is 9.47. The summed E-state index contributed by atoms with van der Waals surface area (Å²) in [5.41, 5.74) is 0.899. The van der Waals surface area contributed by atoms with Gasteiger partial charge in [-0.25, -0.2) is 4.98 Å². The van der Waals surface area contributed by atoms with Crippen molar-refractivity contribution in [2.45, 2.75) is 0 Å². The van der Waals surface area contributed by atoms with Crippen molar-refractivity contribution < 1.29 is 19.0 Å². The number of rotatable bonds is 6. The molecule has 2 aromatic carbocycles. The molecule has 0 unspecified atom stereocenters. The molecule has 0 N–H and O–H groups in total. The van der Waals surface area contributed by atoms with Crippen molar-refractivity contribution in [3.8, 4) is 23.1 Å². The Labute approximate surface area is 170 Å². The molecular formula is C20H15BrClNO4. The first-order valence-electron chi connectivity index (χ1n) is 7.87. The molecule has 0 amide bonds. The van der Waals surface area contributed by atoms with E-state index in [-0.39, 0.29) is 5.78 Å². The third-order valence-corrected chi connectivity index (χ3v) is 4.54. The van der Waals surface area contributed by atoms with Crippen LogP contribution in [0.25, 0.3) is 0 Å². The van der Waals surface area contributed by atoms with Crippen molar-refractivity contribution in [2.24, 2.45) is 0 Å². The van der Waals surface area contributed by atoms with Crippen molar-refractivity contribution >= 4 is 33.3 Å². The van der Waals surface area contributed by atoms with Crippen molar-refractivity contribution in [1.29, 1.82) is 0 Å². The van der Waals surface area contributed by atoms with E-state index >= 15 is 0 Å². The van der Waals surface area contributed by atoms with Crippen LogP contribution in [0.5, 0.6) is 23.1 Å². The molecule has 0 aliphatic rings. The largest absolute Gasteiger partial charge is 0.493 e. The van der Waals surface area contributed by atoms with E-state index in [4.69, 9.17) is 25.8 Å². The average molecular weight is 449 g/mol. The molecule has 0 fully saturated rings. The van der Waals surface area contributed by atoms with Crippen LogP contribution >= 0.6 is 27.5 Å². The fourth-order valence-corrected chi connectivity index (χ4v) is 3.10. The lowest BCUT2D eigenvalue weighted by atomic mass is 10.0. The molecule has 27 heavy (non-hydrogen) atoms. The summed E-state index contributed by atoms with van der Waals surface area (Å²) in [4.78, 5) is 16.9. The molecule has 3 aromatic rings. The second kappa shape index (κ2) is 8.41. The lowest BCUT2D eigenvalue weighted by Gasteiger charge is -2.10. The predicted molar refractivity (Wildman–Crippen MR) is 106 cm³/mol. The van der Waals surface area contributed by atoms with Gasteiger partial charge in [0, 0.05) is 27.9 Å². The van der Waals surface area contributed by atoms with Crippen molar-refractivity contribution in [3.05, 3.63) is 75.4 Å². The third kappa shape index (κ3) is 4.40. The first-order chi connectivity index (χ1) is 13.0. The van der Waals surface area contributed by atoms with Gasteiger partial charge < -0.3 is 14.2 Å². The molecule has 0 aliphatic heterocycles. The van der Waals surface area contributed by atoms with Crippen LogP contribution < -0.4 is 14.2 Å². The molecular weight excluding hydrogens is 434 g/mol. The number of carbonyl (C=O) groups excluding carboxylic acids is 1. The zero-order valence-corrected chi connectivity index (χ0v) is 16.9. The molecule has 0 radical (unpaired) electrons. The maximum Gasteiger partial charge on any atom is 0.219 e. The maximum absolute atomic E-state index is 12.7. The number of methoxy groups -OCH3 is 2. The number of pyridine rings is 1. The minimum Gasteiger partial charge on any atom is -0.493 e. The zero-order chi connectivity index (χ0) is 19.4. The number of hydrogen-bond donors (Lipinski definition) is 0. The van der Waals surface area contributed by atoms with Gasteiger partial charge in [-0.15, -0.1) is 0 Å². The van der Waals surface area contributed by atoms with Crippen LogP contribution in [-0.2, 0) is 0 Å². The smallest absolute Gasteiger partial charge is 0.219 e. The minimum atomic E-state index is -0.184. The Morgan fingerprint density at radius 1 is 0.926 bits per heavy atom. The van der Waals surface area contributed by atoms with Gasteiger partial charge in [-0.3, -0.25) is 4.79 Å². The van der Waals surface area contributed by atoms with E-state index in [0.717, 1.165) is 4.47 Å². The molecule has 0 spiro atoms. The minimum absolute atomic E-state index is 0.184. The van der Waals surface area contributed by atoms with Crippen LogP contribution in [0.1, 0.15) is 15.9 Å². The second-order valence-corrected chi connectivity index (χ2v) is 6.78. The molecule has 7 heteroatoms. The Bertz CT molecular complexity index is 976. The van der Waals surface area contributed by atoms with Gasteiger partial charge in [0.2, 0.25) is 5.88 Å². The summed E-state index contributed by atoms with van der Waals surface area (Å²) in [6.45, 7) is 0. The Hall–Kier alpha value is -2.57. The highest BCUT2D eigenvalue weighted by Crippen LogP contribution is 2.31. The molecule has 1 heterocycles. The number of carbonyl (C=O) groups is 1. The molecule has 1 aromatic heterocycles. The van der Waals surface area contributed by atoms with E-state index in [9.17, 15) is 4.79 Å². The SMILES string of the molecule is COc1ccc(C(=O)c2ccc(Oc3ccc(Br)cc3Cl)nc2)cc1OC. The maximum atomic E-state index is 12.7. The zero-order valence-electron chi connectivity index (χ0n) is 14.5. The van der Waals surface area contributed by atoms with Crippen LogP contribution in [0.4, 0.5) is 0 Å². The molecule has 0 saturated carbocycles. The number of ether oxygens (including phenoxy) is 3. The monoisotopic (exact) mass is 447 g/mol. The Balaban J connectivity index is 1.79. The van der Waals surface area contributed by atoms with Crippen molar-refractivity contribution in [3.63, 3.8) is 0 Å². The van der Waals surface area contributed by atoms with Gasteiger partial charge >= 0.3 is 0 Å². The van der Waals surface area contributed by atoms with Gasteiger partial charge in [0.25, 0.3) is 0 Å². The van der Waals surface area contributed by atoms with Gasteiger partial charge in [-0.2, -0.15) is 0 Å². The number of aromatic nitrogens is 1. The predicted octanol–water partition coefficient (Wildman–Crippen LogP) is 5.54. The summed E-state index contributed by atoms with van der Waals surface area (Å²) in [6, 6.07) is 13.5. The summed E-state index contributed by atoms with van der Waals surface area (Å²) in [6.07, 6.45) is 1.46. The second-order valence-electron chi connectivity index (χ2n) is 5.46. The lowest BCUT2D eigenvalue weighted by molar-refractivity contribution is 0.103. The summed E-state index contributed by atoms with van der Waals surface area (Å²) in [5, 5.41) is 0.455. The average Bonchev–Trinajstić information content (AvgIpc) is 2.69.